The lowest BCUT2D eigenvalue weighted by Crippen LogP contribution is -2.36. The molecule has 1 N–H and O–H groups in total. The number of ketones is 1. The van der Waals surface area contributed by atoms with E-state index in [2.05, 4.69) is 0 Å². The summed E-state index contributed by atoms with van der Waals surface area (Å²) in [6.45, 7) is 1.05. The molecule has 1 atom stereocenters. The normalized spacial score (nSPS) is 15.1. The Labute approximate surface area is 203 Å². The van der Waals surface area contributed by atoms with Crippen LogP contribution in [0, 0.1) is 5.82 Å². The first-order chi connectivity index (χ1) is 17.0. The molecule has 1 fully saturated rings. The first kappa shape index (κ1) is 24.4. The first-order valence-corrected chi connectivity index (χ1v) is 11.6. The lowest BCUT2D eigenvalue weighted by Gasteiger charge is -2.27. The molecule has 1 aliphatic rings. The largest absolute Gasteiger partial charge is 0.506 e. The van der Waals surface area contributed by atoms with Crippen LogP contribution in [0.5, 0.6) is 5.75 Å². The fraction of sp³-hybridized carbons (Fsp3) is 0.286. The number of halogens is 1. The van der Waals surface area contributed by atoms with E-state index in [0.29, 0.717) is 30.8 Å². The second kappa shape index (κ2) is 11.1. The monoisotopic (exact) mass is 477 g/mol. The summed E-state index contributed by atoms with van der Waals surface area (Å²) < 4.78 is 24.1. The molecule has 0 bridgehead atoms. The van der Waals surface area contributed by atoms with Gasteiger partial charge in [0.25, 0.3) is 0 Å². The predicted octanol–water partition coefficient (Wildman–Crippen LogP) is 4.78. The third-order valence-corrected chi connectivity index (χ3v) is 6.17. The number of methoxy groups -OCH3 is 1. The standard InChI is InChI=1S/C28H28FNO5/c1-34-28(33)26-20(16-19-6-3-2-4-7-19)9-14-24(27(26)32)25(31)18-30(17-23-8-5-15-35-23)22-12-10-21(29)11-13-22/h2-4,6-7,9-14,23,32H,5,8,15-18H2,1H3. The topological polar surface area (TPSA) is 76.1 Å². The van der Waals surface area contributed by atoms with E-state index in [4.69, 9.17) is 9.47 Å². The number of rotatable bonds is 9. The van der Waals surface area contributed by atoms with E-state index in [9.17, 15) is 19.1 Å². The number of Topliss-reactive ketones (excluding diaryl/α,β-unsaturated/α-hetero) is 1. The zero-order valence-corrected chi connectivity index (χ0v) is 19.6. The molecule has 0 saturated carbocycles. The van der Waals surface area contributed by atoms with Gasteiger partial charge in [0.15, 0.2) is 5.78 Å². The van der Waals surface area contributed by atoms with Crippen molar-refractivity contribution < 1.29 is 28.6 Å². The van der Waals surface area contributed by atoms with Crippen LogP contribution in [0.3, 0.4) is 0 Å². The second-order valence-electron chi connectivity index (χ2n) is 8.56. The van der Waals surface area contributed by atoms with Crippen molar-refractivity contribution >= 4 is 17.4 Å². The molecule has 182 valence electrons. The van der Waals surface area contributed by atoms with Gasteiger partial charge in [-0.15, -0.1) is 0 Å². The van der Waals surface area contributed by atoms with E-state index in [1.165, 1.54) is 25.3 Å². The van der Waals surface area contributed by atoms with E-state index in [-0.39, 0.29) is 35.4 Å². The Morgan fingerprint density at radius 1 is 1.09 bits per heavy atom. The van der Waals surface area contributed by atoms with Gasteiger partial charge in [0.1, 0.15) is 17.1 Å². The van der Waals surface area contributed by atoms with Crippen LogP contribution in [-0.2, 0) is 15.9 Å². The van der Waals surface area contributed by atoms with Gasteiger partial charge in [-0.25, -0.2) is 9.18 Å². The molecule has 1 saturated heterocycles. The molecule has 7 heteroatoms. The van der Waals surface area contributed by atoms with E-state index in [1.54, 1.807) is 18.2 Å². The van der Waals surface area contributed by atoms with E-state index < -0.39 is 11.7 Å². The fourth-order valence-electron chi connectivity index (χ4n) is 4.36. The maximum Gasteiger partial charge on any atom is 0.341 e. The summed E-state index contributed by atoms with van der Waals surface area (Å²) in [7, 11) is 1.24. The smallest absolute Gasteiger partial charge is 0.341 e. The molecule has 3 aromatic carbocycles. The van der Waals surface area contributed by atoms with Crippen LogP contribution in [0.4, 0.5) is 10.1 Å². The summed E-state index contributed by atoms with van der Waals surface area (Å²) in [5, 5.41) is 11.0. The molecule has 35 heavy (non-hydrogen) atoms. The summed E-state index contributed by atoms with van der Waals surface area (Å²) in [4.78, 5) is 27.7. The summed E-state index contributed by atoms with van der Waals surface area (Å²) in [6, 6.07) is 18.6. The summed E-state index contributed by atoms with van der Waals surface area (Å²) in [6.07, 6.45) is 2.17. The first-order valence-electron chi connectivity index (χ1n) is 11.6. The van der Waals surface area contributed by atoms with Crippen molar-refractivity contribution in [2.75, 3.05) is 31.7 Å². The molecule has 0 amide bonds. The summed E-state index contributed by atoms with van der Waals surface area (Å²) >= 11 is 0. The van der Waals surface area contributed by atoms with Crippen LogP contribution in [0.2, 0.25) is 0 Å². The maximum atomic E-state index is 13.5. The van der Waals surface area contributed by atoms with Gasteiger partial charge >= 0.3 is 5.97 Å². The van der Waals surface area contributed by atoms with Crippen molar-refractivity contribution in [3.63, 3.8) is 0 Å². The van der Waals surface area contributed by atoms with Crippen LogP contribution in [0.25, 0.3) is 0 Å². The van der Waals surface area contributed by atoms with E-state index >= 15 is 0 Å². The lowest BCUT2D eigenvalue weighted by molar-refractivity contribution is 0.0596. The Balaban J connectivity index is 1.63. The third-order valence-electron chi connectivity index (χ3n) is 6.17. The molecule has 4 rings (SSSR count). The molecular weight excluding hydrogens is 449 g/mol. The highest BCUT2D eigenvalue weighted by atomic mass is 19.1. The van der Waals surface area contributed by atoms with Gasteiger partial charge in [-0.2, -0.15) is 0 Å². The number of anilines is 1. The van der Waals surface area contributed by atoms with Gasteiger partial charge < -0.3 is 19.5 Å². The van der Waals surface area contributed by atoms with E-state index in [1.807, 2.05) is 35.2 Å². The van der Waals surface area contributed by atoms with Gasteiger partial charge in [-0.05, 0) is 60.7 Å². The Kier molecular flexibility index (Phi) is 7.77. The minimum atomic E-state index is -0.710. The maximum absolute atomic E-state index is 13.5. The molecule has 0 radical (unpaired) electrons. The number of esters is 1. The number of phenols is 1. The van der Waals surface area contributed by atoms with Crippen molar-refractivity contribution in [3.05, 3.63) is 94.8 Å². The minimum absolute atomic E-state index is 0.0188. The van der Waals surface area contributed by atoms with Gasteiger partial charge in [0, 0.05) is 18.8 Å². The molecular formula is C28H28FNO5. The third kappa shape index (κ3) is 5.87. The second-order valence-corrected chi connectivity index (χ2v) is 8.56. The summed E-state index contributed by atoms with van der Waals surface area (Å²) in [5.41, 5.74) is 2.20. The van der Waals surface area contributed by atoms with Crippen molar-refractivity contribution in [3.8, 4) is 5.75 Å². The van der Waals surface area contributed by atoms with Crippen molar-refractivity contribution in [1.29, 1.82) is 0 Å². The van der Waals surface area contributed by atoms with Crippen molar-refractivity contribution in [2.24, 2.45) is 0 Å². The Morgan fingerprint density at radius 2 is 1.83 bits per heavy atom. The number of carbonyl (C=O) groups is 2. The SMILES string of the molecule is COC(=O)c1c(Cc2ccccc2)ccc(C(=O)CN(CC2CCCO2)c2ccc(F)cc2)c1O. The Bertz CT molecular complexity index is 1170. The molecule has 6 nitrogen and oxygen atoms in total. The highest BCUT2D eigenvalue weighted by Gasteiger charge is 2.26. The number of nitrogens with zero attached hydrogens (tertiary/aromatic N) is 1. The average molecular weight is 478 g/mol. The fourth-order valence-corrected chi connectivity index (χ4v) is 4.36. The van der Waals surface area contributed by atoms with Gasteiger partial charge in [-0.3, -0.25) is 4.79 Å². The van der Waals surface area contributed by atoms with Crippen LogP contribution >= 0.6 is 0 Å². The number of phenolic OH excluding ortho intramolecular Hbond substituents is 1. The number of benzene rings is 3. The number of hydrogen-bond donors (Lipinski definition) is 1. The zero-order valence-electron chi connectivity index (χ0n) is 19.6. The number of aromatic hydroxyl groups is 1. The molecule has 0 aliphatic carbocycles. The average Bonchev–Trinajstić information content (AvgIpc) is 3.38. The van der Waals surface area contributed by atoms with Gasteiger partial charge in [-0.1, -0.05) is 36.4 Å². The summed E-state index contributed by atoms with van der Waals surface area (Å²) in [5.74, 6) is -1.85. The lowest BCUT2D eigenvalue weighted by atomic mass is 9.95. The zero-order chi connectivity index (χ0) is 24.8. The molecule has 1 unspecified atom stereocenters. The molecule has 1 heterocycles. The van der Waals surface area contributed by atoms with Crippen molar-refractivity contribution in [2.45, 2.75) is 25.4 Å². The van der Waals surface area contributed by atoms with Crippen LogP contribution in [0.1, 0.15) is 44.7 Å². The van der Waals surface area contributed by atoms with Crippen LogP contribution < -0.4 is 4.90 Å². The van der Waals surface area contributed by atoms with E-state index in [0.717, 1.165) is 18.4 Å². The Morgan fingerprint density at radius 3 is 2.49 bits per heavy atom. The minimum Gasteiger partial charge on any atom is -0.506 e. The number of ether oxygens (including phenoxy) is 2. The van der Waals surface area contributed by atoms with Gasteiger partial charge in [0.05, 0.1) is 25.3 Å². The highest BCUT2D eigenvalue weighted by molar-refractivity contribution is 6.05. The predicted molar refractivity (Wildman–Crippen MR) is 131 cm³/mol. The number of hydrogen-bond acceptors (Lipinski definition) is 6. The molecule has 3 aromatic rings. The van der Waals surface area contributed by atoms with Gasteiger partial charge in [0.2, 0.25) is 0 Å². The molecule has 0 aromatic heterocycles. The molecule has 0 spiro atoms. The highest BCUT2D eigenvalue weighted by Crippen LogP contribution is 2.30. The van der Waals surface area contributed by atoms with Crippen LogP contribution in [0.15, 0.2) is 66.7 Å². The quantitative estimate of drug-likeness (QED) is 0.353. The molecule has 1 aliphatic heterocycles. The number of carbonyl (C=O) groups excluding carboxylic acids is 2. The van der Waals surface area contributed by atoms with Crippen LogP contribution in [-0.4, -0.2) is 49.8 Å². The Hall–Kier alpha value is -3.71. The van der Waals surface area contributed by atoms with Crippen molar-refractivity contribution in [1.82, 2.24) is 0 Å².